The van der Waals surface area contributed by atoms with E-state index in [0.29, 0.717) is 5.92 Å². The number of rotatable bonds is 7. The van der Waals surface area contributed by atoms with Gasteiger partial charge >= 0.3 is 0 Å². The highest BCUT2D eigenvalue weighted by Gasteiger charge is 2.13. The van der Waals surface area contributed by atoms with Gasteiger partial charge in [-0.15, -0.1) is 0 Å². The Balaban J connectivity index is 2.63. The summed E-state index contributed by atoms with van der Waals surface area (Å²) in [5.41, 5.74) is 2.29. The van der Waals surface area contributed by atoms with Gasteiger partial charge in [-0.25, -0.2) is 0 Å². The topological polar surface area (TPSA) is 38.0 Å². The fourth-order valence-corrected chi connectivity index (χ4v) is 2.08. The van der Waals surface area contributed by atoms with Crippen LogP contribution in [0.2, 0.25) is 0 Å². The number of aliphatic hydroxyl groups excluding tert-OH is 1. The molecule has 0 radical (unpaired) electrons. The smallest absolute Gasteiger partial charge is 0.0624 e. The van der Waals surface area contributed by atoms with Crippen LogP contribution < -0.4 is 0 Å². The Kier molecular flexibility index (Phi) is 5.69. The molecule has 0 aliphatic heterocycles. The number of aliphatic hydroxyl groups is 1. The summed E-state index contributed by atoms with van der Waals surface area (Å²) in [6.07, 6.45) is 3.46. The normalized spacial score (nSPS) is 14.9. The number of aromatic nitrogens is 2. The lowest BCUT2D eigenvalue weighted by atomic mass is 9.98. The first-order valence-electron chi connectivity index (χ1n) is 6.84. The first kappa shape index (κ1) is 14.2. The van der Waals surface area contributed by atoms with E-state index in [1.165, 1.54) is 5.69 Å². The molecular formula is C14H26N2O. The fourth-order valence-electron chi connectivity index (χ4n) is 2.08. The summed E-state index contributed by atoms with van der Waals surface area (Å²) in [6.45, 7) is 9.45. The van der Waals surface area contributed by atoms with E-state index in [0.717, 1.165) is 37.9 Å². The Bertz CT molecular complexity index is 333. The Morgan fingerprint density at radius 1 is 1.35 bits per heavy atom. The van der Waals surface area contributed by atoms with E-state index < -0.39 is 0 Å². The third kappa shape index (κ3) is 4.15. The van der Waals surface area contributed by atoms with Gasteiger partial charge in [-0.1, -0.05) is 27.2 Å². The molecule has 2 atom stereocenters. The summed E-state index contributed by atoms with van der Waals surface area (Å²) >= 11 is 0. The zero-order valence-corrected chi connectivity index (χ0v) is 11.6. The molecule has 0 aliphatic rings. The monoisotopic (exact) mass is 238 g/mol. The molecule has 3 nitrogen and oxygen atoms in total. The number of hydrogen-bond donors (Lipinski definition) is 1. The molecule has 0 aliphatic carbocycles. The zero-order chi connectivity index (χ0) is 12.8. The van der Waals surface area contributed by atoms with Crippen LogP contribution in [0.5, 0.6) is 0 Å². The number of aryl methyl sites for hydroxylation is 2. The molecule has 3 heteroatoms. The van der Waals surface area contributed by atoms with Crippen LogP contribution in [0.1, 0.15) is 51.9 Å². The quantitative estimate of drug-likeness (QED) is 0.793. The van der Waals surface area contributed by atoms with Crippen LogP contribution in [-0.2, 0) is 19.4 Å². The fraction of sp³-hybridized carbons (Fsp3) is 0.786. The van der Waals surface area contributed by atoms with Crippen LogP contribution in [0.15, 0.2) is 6.07 Å². The molecule has 1 rings (SSSR count). The maximum atomic E-state index is 10.1. The summed E-state index contributed by atoms with van der Waals surface area (Å²) < 4.78 is 2.01. The van der Waals surface area contributed by atoms with Crippen molar-refractivity contribution in [1.29, 1.82) is 0 Å². The van der Waals surface area contributed by atoms with Crippen molar-refractivity contribution in [2.24, 2.45) is 5.92 Å². The van der Waals surface area contributed by atoms with Gasteiger partial charge < -0.3 is 5.11 Å². The minimum absolute atomic E-state index is 0.239. The van der Waals surface area contributed by atoms with Gasteiger partial charge in [0.25, 0.3) is 0 Å². The van der Waals surface area contributed by atoms with Gasteiger partial charge in [0.1, 0.15) is 0 Å². The average molecular weight is 238 g/mol. The molecule has 0 saturated carbocycles. The van der Waals surface area contributed by atoms with Gasteiger partial charge in [-0.2, -0.15) is 5.10 Å². The molecule has 0 aromatic carbocycles. The zero-order valence-electron chi connectivity index (χ0n) is 11.6. The van der Waals surface area contributed by atoms with Crippen molar-refractivity contribution in [2.75, 3.05) is 0 Å². The molecule has 0 amide bonds. The van der Waals surface area contributed by atoms with Crippen molar-refractivity contribution in [3.63, 3.8) is 0 Å². The minimum Gasteiger partial charge on any atom is -0.393 e. The van der Waals surface area contributed by atoms with Crippen molar-refractivity contribution in [3.05, 3.63) is 17.5 Å². The maximum Gasteiger partial charge on any atom is 0.0624 e. The summed E-state index contributed by atoms with van der Waals surface area (Å²) in [5.74, 6) is 0.591. The molecule has 0 spiro atoms. The second kappa shape index (κ2) is 6.80. The highest BCUT2D eigenvalue weighted by atomic mass is 16.3. The van der Waals surface area contributed by atoms with Gasteiger partial charge in [0.05, 0.1) is 11.8 Å². The number of hydrogen-bond acceptors (Lipinski definition) is 2. The first-order chi connectivity index (χ1) is 8.10. The molecule has 98 valence electrons. The average Bonchev–Trinajstić information content (AvgIpc) is 2.70. The summed E-state index contributed by atoms with van der Waals surface area (Å²) in [4.78, 5) is 0. The van der Waals surface area contributed by atoms with Crippen LogP contribution in [0.3, 0.4) is 0 Å². The summed E-state index contributed by atoms with van der Waals surface area (Å²) in [7, 11) is 0. The summed E-state index contributed by atoms with van der Waals surface area (Å²) in [6, 6.07) is 2.13. The first-order valence-corrected chi connectivity index (χ1v) is 6.84. The lowest BCUT2D eigenvalue weighted by molar-refractivity contribution is 0.142. The molecule has 2 unspecified atom stereocenters. The summed E-state index contributed by atoms with van der Waals surface area (Å²) in [5, 5.41) is 14.6. The molecule has 0 fully saturated rings. The van der Waals surface area contributed by atoms with Gasteiger partial charge in [0, 0.05) is 18.7 Å². The minimum atomic E-state index is -0.239. The van der Waals surface area contributed by atoms with Gasteiger partial charge in [0.15, 0.2) is 0 Å². The molecular weight excluding hydrogens is 212 g/mol. The lowest BCUT2D eigenvalue weighted by Gasteiger charge is -2.15. The van der Waals surface area contributed by atoms with E-state index >= 15 is 0 Å². The number of nitrogens with zero attached hydrogens (tertiary/aromatic N) is 2. The molecule has 0 bridgehead atoms. The highest BCUT2D eigenvalue weighted by Crippen LogP contribution is 2.15. The molecule has 1 aromatic rings. The van der Waals surface area contributed by atoms with Crippen molar-refractivity contribution < 1.29 is 5.11 Å². The Morgan fingerprint density at radius 2 is 2.06 bits per heavy atom. The molecule has 1 N–H and O–H groups in total. The second-order valence-electron chi connectivity index (χ2n) is 4.90. The Labute approximate surface area is 105 Å². The molecule has 0 saturated heterocycles. The van der Waals surface area contributed by atoms with E-state index in [2.05, 4.69) is 38.9 Å². The van der Waals surface area contributed by atoms with E-state index in [1.54, 1.807) is 0 Å². The van der Waals surface area contributed by atoms with E-state index in [-0.39, 0.29) is 6.10 Å². The maximum absolute atomic E-state index is 10.1. The van der Waals surface area contributed by atoms with Crippen molar-refractivity contribution in [2.45, 2.75) is 66.0 Å². The predicted molar refractivity (Wildman–Crippen MR) is 71.1 cm³/mol. The predicted octanol–water partition coefficient (Wildman–Crippen LogP) is 2.81. The van der Waals surface area contributed by atoms with Crippen molar-refractivity contribution in [1.82, 2.24) is 9.78 Å². The molecule has 1 heterocycles. The molecule has 17 heavy (non-hydrogen) atoms. The third-order valence-corrected chi connectivity index (χ3v) is 3.39. The SMILES string of the molecule is CCc1cc(CC(O)CC(C)CC)n(CC)n1. The van der Waals surface area contributed by atoms with Crippen LogP contribution in [0.4, 0.5) is 0 Å². The highest BCUT2D eigenvalue weighted by molar-refractivity contribution is 5.11. The Morgan fingerprint density at radius 3 is 2.59 bits per heavy atom. The molecule has 1 aromatic heterocycles. The van der Waals surface area contributed by atoms with Crippen molar-refractivity contribution in [3.8, 4) is 0 Å². The van der Waals surface area contributed by atoms with Crippen LogP contribution in [0, 0.1) is 5.92 Å². The van der Waals surface area contributed by atoms with Gasteiger partial charge in [0.2, 0.25) is 0 Å². The van der Waals surface area contributed by atoms with E-state index in [1.807, 2.05) is 4.68 Å². The second-order valence-corrected chi connectivity index (χ2v) is 4.90. The van der Waals surface area contributed by atoms with Gasteiger partial charge in [-0.05, 0) is 31.7 Å². The van der Waals surface area contributed by atoms with E-state index in [4.69, 9.17) is 0 Å². The van der Waals surface area contributed by atoms with Crippen molar-refractivity contribution >= 4 is 0 Å². The lowest BCUT2D eigenvalue weighted by Crippen LogP contribution is -2.17. The van der Waals surface area contributed by atoms with Crippen LogP contribution in [-0.4, -0.2) is 21.0 Å². The van der Waals surface area contributed by atoms with E-state index in [9.17, 15) is 5.11 Å². The van der Waals surface area contributed by atoms with Crippen LogP contribution >= 0.6 is 0 Å². The standard InChI is InChI=1S/C14H26N2O/c1-5-11(4)8-14(17)10-13-9-12(6-2)15-16(13)7-3/h9,11,14,17H,5-8,10H2,1-4H3. The largest absolute Gasteiger partial charge is 0.393 e. The third-order valence-electron chi connectivity index (χ3n) is 3.39. The van der Waals surface area contributed by atoms with Gasteiger partial charge in [-0.3, -0.25) is 4.68 Å². The van der Waals surface area contributed by atoms with Crippen LogP contribution in [0.25, 0.3) is 0 Å². The Hall–Kier alpha value is -0.830.